The molecule has 1 aromatic heterocycles. The van der Waals surface area contributed by atoms with Crippen LogP contribution >= 0.6 is 35.3 Å². The van der Waals surface area contributed by atoms with Crippen LogP contribution in [0.3, 0.4) is 0 Å². The quantitative estimate of drug-likeness (QED) is 0.608. The Balaban J connectivity index is 2.06. The third kappa shape index (κ3) is 4.89. The topological polar surface area (TPSA) is 46.9 Å². The highest BCUT2D eigenvalue weighted by molar-refractivity contribution is 8.01. The molecule has 1 N–H and O–H groups in total. The van der Waals surface area contributed by atoms with Gasteiger partial charge >= 0.3 is 0 Å². The summed E-state index contributed by atoms with van der Waals surface area (Å²) >= 11 is 8.26. The molecule has 7 heteroatoms. The lowest BCUT2D eigenvalue weighted by Crippen LogP contribution is -2.43. The van der Waals surface area contributed by atoms with E-state index in [-0.39, 0.29) is 11.4 Å². The summed E-state index contributed by atoms with van der Waals surface area (Å²) in [4.78, 5) is 12.0. The second kappa shape index (κ2) is 7.59. The lowest BCUT2D eigenvalue weighted by molar-refractivity contribution is -0.120. The molecule has 0 aliphatic rings. The molecule has 0 saturated heterocycles. The first-order valence-electron chi connectivity index (χ1n) is 7.42. The summed E-state index contributed by atoms with van der Waals surface area (Å²) in [5.74, 6) is 0.366. The average Bonchev–Trinajstić information content (AvgIpc) is 2.86. The maximum atomic E-state index is 12.0. The number of para-hydroxylation sites is 1. The number of rotatable bonds is 6. The van der Waals surface area contributed by atoms with Crippen molar-refractivity contribution in [3.05, 3.63) is 33.8 Å². The number of benzene rings is 1. The van der Waals surface area contributed by atoms with E-state index in [2.05, 4.69) is 17.3 Å². The van der Waals surface area contributed by atoms with Gasteiger partial charge in [0.05, 0.1) is 11.4 Å². The van der Waals surface area contributed by atoms with Crippen LogP contribution in [0.15, 0.2) is 28.6 Å². The highest BCUT2D eigenvalue weighted by Gasteiger charge is 2.18. The summed E-state index contributed by atoms with van der Waals surface area (Å²) in [7, 11) is 0. The molecule has 0 aliphatic heterocycles. The maximum absolute atomic E-state index is 12.0. The monoisotopic (exact) mass is 367 g/mol. The fourth-order valence-electron chi connectivity index (χ4n) is 1.90. The standard InChI is InChI=1S/C16H21N3OS3/c1-5-16(3,4)17-13(20)10-22-14-18-19(15(21)23-14)12-9-7-6-8-11(12)2/h6-9H,5,10H2,1-4H3,(H,17,20). The first-order chi connectivity index (χ1) is 10.8. The number of carbonyl (C=O) groups excluding carboxylic acids is 1. The zero-order valence-corrected chi connectivity index (χ0v) is 16.2. The van der Waals surface area contributed by atoms with E-state index < -0.39 is 0 Å². The third-order valence-corrected chi connectivity index (χ3v) is 5.93. The van der Waals surface area contributed by atoms with Gasteiger partial charge in [-0.2, -0.15) is 0 Å². The molecule has 0 radical (unpaired) electrons. The smallest absolute Gasteiger partial charge is 0.230 e. The summed E-state index contributed by atoms with van der Waals surface area (Å²) in [6.45, 7) is 8.13. The van der Waals surface area contributed by atoms with E-state index in [0.717, 1.165) is 22.0 Å². The van der Waals surface area contributed by atoms with Crippen LogP contribution in [0.4, 0.5) is 0 Å². The third-order valence-electron chi connectivity index (χ3n) is 3.56. The molecular formula is C16H21N3OS3. The van der Waals surface area contributed by atoms with Gasteiger partial charge in [-0.05, 0) is 51.0 Å². The average molecular weight is 368 g/mol. The molecular weight excluding hydrogens is 346 g/mol. The fraction of sp³-hybridized carbons (Fsp3) is 0.438. The molecule has 0 bridgehead atoms. The molecule has 0 fully saturated rings. The molecule has 0 aliphatic carbocycles. The SMILES string of the molecule is CCC(C)(C)NC(=O)CSc1nn(-c2ccccc2C)c(=S)s1. The maximum Gasteiger partial charge on any atom is 0.230 e. The molecule has 4 nitrogen and oxygen atoms in total. The van der Waals surface area contributed by atoms with Crippen LogP contribution in [-0.4, -0.2) is 27.0 Å². The first kappa shape index (κ1) is 18.2. The molecule has 1 amide bonds. The molecule has 1 aromatic carbocycles. The number of hydrogen-bond donors (Lipinski definition) is 1. The molecule has 2 rings (SSSR count). The number of nitrogens with one attached hydrogen (secondary N) is 1. The van der Waals surface area contributed by atoms with Crippen molar-refractivity contribution in [1.29, 1.82) is 0 Å². The number of amides is 1. The van der Waals surface area contributed by atoms with E-state index >= 15 is 0 Å². The zero-order valence-electron chi connectivity index (χ0n) is 13.8. The van der Waals surface area contributed by atoms with E-state index in [4.69, 9.17) is 12.2 Å². The molecule has 23 heavy (non-hydrogen) atoms. The predicted molar refractivity (Wildman–Crippen MR) is 100 cm³/mol. The highest BCUT2D eigenvalue weighted by atomic mass is 32.2. The number of aromatic nitrogens is 2. The van der Waals surface area contributed by atoms with Gasteiger partial charge in [-0.3, -0.25) is 4.79 Å². The van der Waals surface area contributed by atoms with Gasteiger partial charge in [-0.15, -0.1) is 5.10 Å². The van der Waals surface area contributed by atoms with E-state index in [0.29, 0.717) is 9.71 Å². The van der Waals surface area contributed by atoms with Gasteiger partial charge in [0, 0.05) is 5.54 Å². The lowest BCUT2D eigenvalue weighted by atomic mass is 10.0. The van der Waals surface area contributed by atoms with E-state index in [1.807, 2.05) is 45.0 Å². The Morgan fingerprint density at radius 2 is 2.13 bits per heavy atom. The van der Waals surface area contributed by atoms with Crippen LogP contribution < -0.4 is 5.32 Å². The van der Waals surface area contributed by atoms with Crippen LogP contribution in [0, 0.1) is 10.9 Å². The largest absolute Gasteiger partial charge is 0.351 e. The zero-order chi connectivity index (χ0) is 17.0. The Morgan fingerprint density at radius 3 is 2.78 bits per heavy atom. The van der Waals surface area contributed by atoms with E-state index in [9.17, 15) is 4.79 Å². The Hall–Kier alpha value is -1.18. The normalized spacial score (nSPS) is 11.5. The van der Waals surface area contributed by atoms with Crippen LogP contribution in [-0.2, 0) is 4.79 Å². The molecule has 0 saturated carbocycles. The molecule has 0 atom stereocenters. The number of nitrogens with zero attached hydrogens (tertiary/aromatic N) is 2. The summed E-state index contributed by atoms with van der Waals surface area (Å²) < 4.78 is 3.27. The van der Waals surface area contributed by atoms with Gasteiger partial charge in [0.1, 0.15) is 0 Å². The van der Waals surface area contributed by atoms with Crippen molar-refractivity contribution in [1.82, 2.24) is 15.1 Å². The summed E-state index contributed by atoms with van der Waals surface area (Å²) in [5, 5.41) is 7.57. The van der Waals surface area contributed by atoms with Gasteiger partial charge in [-0.1, -0.05) is 48.2 Å². The van der Waals surface area contributed by atoms with Crippen molar-refractivity contribution in [2.75, 3.05) is 5.75 Å². The fourth-order valence-corrected chi connectivity index (χ4v) is 4.05. The molecule has 124 valence electrons. The number of aryl methyl sites for hydroxylation is 1. The van der Waals surface area contributed by atoms with Gasteiger partial charge in [0.2, 0.25) is 5.91 Å². The lowest BCUT2D eigenvalue weighted by Gasteiger charge is -2.24. The first-order valence-corrected chi connectivity index (χ1v) is 9.63. The second-order valence-corrected chi connectivity index (χ2v) is 8.75. The van der Waals surface area contributed by atoms with Crippen molar-refractivity contribution in [2.24, 2.45) is 0 Å². The van der Waals surface area contributed by atoms with Crippen molar-refractivity contribution in [2.45, 2.75) is 44.0 Å². The van der Waals surface area contributed by atoms with Gasteiger partial charge in [-0.25, -0.2) is 4.68 Å². The molecule has 2 aromatic rings. The van der Waals surface area contributed by atoms with Crippen LogP contribution in [0.5, 0.6) is 0 Å². The van der Waals surface area contributed by atoms with Crippen molar-refractivity contribution < 1.29 is 4.79 Å². The van der Waals surface area contributed by atoms with Gasteiger partial charge < -0.3 is 5.32 Å². The number of carbonyl (C=O) groups is 1. The Morgan fingerprint density at radius 1 is 1.43 bits per heavy atom. The number of hydrogen-bond acceptors (Lipinski definition) is 5. The molecule has 0 spiro atoms. The van der Waals surface area contributed by atoms with E-state index in [1.165, 1.54) is 23.1 Å². The molecule has 1 heterocycles. The molecule has 0 unspecified atom stereocenters. The van der Waals surface area contributed by atoms with Gasteiger partial charge in [0.15, 0.2) is 8.29 Å². The summed E-state index contributed by atoms with van der Waals surface area (Å²) in [6, 6.07) is 7.99. The van der Waals surface area contributed by atoms with Crippen molar-refractivity contribution >= 4 is 41.2 Å². The predicted octanol–water partition coefficient (Wildman–Crippen LogP) is 4.37. The van der Waals surface area contributed by atoms with E-state index in [1.54, 1.807) is 4.68 Å². The van der Waals surface area contributed by atoms with Gasteiger partial charge in [0.25, 0.3) is 0 Å². The minimum absolute atomic E-state index is 0.0189. The van der Waals surface area contributed by atoms with Crippen molar-refractivity contribution in [3.63, 3.8) is 0 Å². The summed E-state index contributed by atoms with van der Waals surface area (Å²) in [5.41, 5.74) is 1.93. The van der Waals surface area contributed by atoms with Crippen LogP contribution in [0.2, 0.25) is 0 Å². The number of thioether (sulfide) groups is 1. The highest BCUT2D eigenvalue weighted by Crippen LogP contribution is 2.25. The minimum Gasteiger partial charge on any atom is -0.351 e. The Bertz CT molecular complexity index is 749. The van der Waals surface area contributed by atoms with Crippen LogP contribution in [0.25, 0.3) is 5.69 Å². The van der Waals surface area contributed by atoms with Crippen LogP contribution in [0.1, 0.15) is 32.8 Å². The Labute approximate surface area is 150 Å². The summed E-state index contributed by atoms with van der Waals surface area (Å²) in [6.07, 6.45) is 0.893. The Kier molecular flexibility index (Phi) is 6.00. The minimum atomic E-state index is -0.176. The van der Waals surface area contributed by atoms with Crippen molar-refractivity contribution in [3.8, 4) is 5.69 Å². The second-order valence-electron chi connectivity index (χ2n) is 5.91.